The molecule has 0 unspecified atom stereocenters. The van der Waals surface area contributed by atoms with Gasteiger partial charge in [-0.3, -0.25) is 4.55 Å². The summed E-state index contributed by atoms with van der Waals surface area (Å²) in [7, 11) is -2.59. The zero-order valence-corrected chi connectivity index (χ0v) is 11.3. The Balaban J connectivity index is 2.40. The predicted molar refractivity (Wildman–Crippen MR) is 69.0 cm³/mol. The standard InChI is InChI=1S/C11H12O5S2/c1-15-5-6-16-9-4-2-3-8-7-10(17-11(8)9)18(12,13)14/h2-4,7H,5-6H2,1H3,(H,12,13,14). The lowest BCUT2D eigenvalue weighted by Crippen LogP contribution is -2.03. The van der Waals surface area contributed by atoms with E-state index in [4.69, 9.17) is 14.0 Å². The number of thiophene rings is 1. The van der Waals surface area contributed by atoms with Gasteiger partial charge in [-0.2, -0.15) is 8.42 Å². The number of hydrogen-bond acceptors (Lipinski definition) is 5. The van der Waals surface area contributed by atoms with Crippen molar-refractivity contribution in [3.8, 4) is 5.75 Å². The van der Waals surface area contributed by atoms with E-state index in [9.17, 15) is 8.42 Å². The summed E-state index contributed by atoms with van der Waals surface area (Å²) in [5, 5.41) is 0.725. The third kappa shape index (κ3) is 2.81. The molecule has 2 aromatic rings. The predicted octanol–water partition coefficient (Wildman–Crippen LogP) is 2.17. The topological polar surface area (TPSA) is 72.8 Å². The van der Waals surface area contributed by atoms with Crippen molar-refractivity contribution >= 4 is 31.5 Å². The lowest BCUT2D eigenvalue weighted by Gasteiger charge is -2.05. The lowest BCUT2D eigenvalue weighted by molar-refractivity contribution is 0.147. The van der Waals surface area contributed by atoms with Gasteiger partial charge in [0.15, 0.2) is 0 Å². The highest BCUT2D eigenvalue weighted by atomic mass is 32.3. The molecule has 0 aliphatic heterocycles. The van der Waals surface area contributed by atoms with E-state index in [-0.39, 0.29) is 4.21 Å². The average Bonchev–Trinajstić information content (AvgIpc) is 2.73. The molecule has 0 amide bonds. The number of hydrogen-bond donors (Lipinski definition) is 1. The van der Waals surface area contributed by atoms with Crippen LogP contribution in [0.4, 0.5) is 0 Å². The summed E-state index contributed by atoms with van der Waals surface area (Å²) in [6.45, 7) is 0.835. The third-order valence-electron chi connectivity index (χ3n) is 2.28. The lowest BCUT2D eigenvalue weighted by atomic mass is 10.2. The largest absolute Gasteiger partial charge is 0.490 e. The molecule has 0 fully saturated rings. The van der Waals surface area contributed by atoms with Gasteiger partial charge in [-0.05, 0) is 17.5 Å². The van der Waals surface area contributed by atoms with E-state index >= 15 is 0 Å². The molecule has 98 valence electrons. The Morgan fingerprint density at radius 2 is 2.11 bits per heavy atom. The van der Waals surface area contributed by atoms with Gasteiger partial charge >= 0.3 is 10.1 Å². The Morgan fingerprint density at radius 3 is 2.78 bits per heavy atom. The van der Waals surface area contributed by atoms with Gasteiger partial charge in [0.25, 0.3) is 0 Å². The van der Waals surface area contributed by atoms with Gasteiger partial charge in [0.1, 0.15) is 16.6 Å². The van der Waals surface area contributed by atoms with E-state index in [1.54, 1.807) is 25.3 Å². The Labute approximate surface area is 109 Å². The maximum Gasteiger partial charge on any atom is 0.304 e. The Hall–Kier alpha value is -1.15. The summed E-state index contributed by atoms with van der Waals surface area (Å²) >= 11 is 0.985. The van der Waals surface area contributed by atoms with Crippen LogP contribution in [0.1, 0.15) is 0 Å². The quantitative estimate of drug-likeness (QED) is 0.674. The zero-order chi connectivity index (χ0) is 13.2. The SMILES string of the molecule is COCCOc1cccc2cc(S(=O)(=O)O)sc12. The molecular formula is C11H12O5S2. The second kappa shape index (κ2) is 5.23. The first-order valence-corrected chi connectivity index (χ1v) is 7.40. The maximum absolute atomic E-state index is 11.1. The molecule has 0 aliphatic rings. The van der Waals surface area contributed by atoms with Crippen LogP contribution in [0.2, 0.25) is 0 Å². The van der Waals surface area contributed by atoms with Crippen molar-refractivity contribution in [2.45, 2.75) is 4.21 Å². The normalized spacial score (nSPS) is 11.9. The van der Waals surface area contributed by atoms with E-state index in [1.165, 1.54) is 6.07 Å². The highest BCUT2D eigenvalue weighted by molar-refractivity contribution is 7.88. The van der Waals surface area contributed by atoms with Crippen LogP contribution in [-0.2, 0) is 14.9 Å². The van der Waals surface area contributed by atoms with Crippen LogP contribution in [0, 0.1) is 0 Å². The first kappa shape index (κ1) is 13.3. The Morgan fingerprint density at radius 1 is 1.33 bits per heavy atom. The van der Waals surface area contributed by atoms with Crippen LogP contribution in [-0.4, -0.2) is 33.3 Å². The minimum Gasteiger partial charge on any atom is -0.490 e. The van der Waals surface area contributed by atoms with E-state index in [1.807, 2.05) is 0 Å². The van der Waals surface area contributed by atoms with Crippen LogP contribution in [0.3, 0.4) is 0 Å². The van der Waals surface area contributed by atoms with Crippen LogP contribution in [0.15, 0.2) is 28.5 Å². The van der Waals surface area contributed by atoms with Crippen molar-refractivity contribution in [1.82, 2.24) is 0 Å². The maximum atomic E-state index is 11.1. The van der Waals surface area contributed by atoms with Crippen LogP contribution < -0.4 is 4.74 Å². The molecule has 2 rings (SSSR count). The van der Waals surface area contributed by atoms with Crippen molar-refractivity contribution in [2.24, 2.45) is 0 Å². The van der Waals surface area contributed by atoms with Gasteiger partial charge in [-0.1, -0.05) is 12.1 Å². The zero-order valence-electron chi connectivity index (χ0n) is 9.62. The van der Waals surface area contributed by atoms with E-state index < -0.39 is 10.1 Å². The fourth-order valence-electron chi connectivity index (χ4n) is 1.49. The first-order valence-electron chi connectivity index (χ1n) is 5.14. The molecule has 0 saturated heterocycles. The molecule has 1 heterocycles. The molecule has 0 spiro atoms. The summed E-state index contributed by atoms with van der Waals surface area (Å²) in [6, 6.07) is 6.72. The van der Waals surface area contributed by atoms with Crippen molar-refractivity contribution < 1.29 is 22.4 Å². The summed E-state index contributed by atoms with van der Waals surface area (Å²) < 4.78 is 42.2. The molecule has 18 heavy (non-hydrogen) atoms. The monoisotopic (exact) mass is 288 g/mol. The fourth-order valence-corrected chi connectivity index (χ4v) is 3.30. The fraction of sp³-hybridized carbons (Fsp3) is 0.273. The molecule has 0 aliphatic carbocycles. The average molecular weight is 288 g/mol. The van der Waals surface area contributed by atoms with Gasteiger partial charge in [0.2, 0.25) is 0 Å². The minimum atomic E-state index is -4.17. The number of methoxy groups -OCH3 is 1. The first-order chi connectivity index (χ1) is 8.52. The summed E-state index contributed by atoms with van der Waals surface area (Å²) in [6.07, 6.45) is 0. The Bertz CT molecular complexity index is 644. The van der Waals surface area contributed by atoms with Crippen molar-refractivity contribution in [3.63, 3.8) is 0 Å². The number of rotatable bonds is 5. The summed E-state index contributed by atoms with van der Waals surface area (Å²) in [5.41, 5.74) is 0. The van der Waals surface area contributed by atoms with E-state index in [0.29, 0.717) is 23.7 Å². The Kier molecular flexibility index (Phi) is 3.86. The molecule has 7 heteroatoms. The van der Waals surface area contributed by atoms with Gasteiger partial charge in [0.05, 0.1) is 11.3 Å². The molecule has 0 radical (unpaired) electrons. The molecule has 1 aromatic carbocycles. The summed E-state index contributed by atoms with van der Waals surface area (Å²) in [4.78, 5) is 0. The van der Waals surface area contributed by atoms with E-state index in [2.05, 4.69) is 0 Å². The minimum absolute atomic E-state index is 0.0831. The molecule has 0 saturated carbocycles. The third-order valence-corrected chi connectivity index (χ3v) is 4.75. The smallest absolute Gasteiger partial charge is 0.304 e. The van der Waals surface area contributed by atoms with Gasteiger partial charge in [0, 0.05) is 7.11 Å². The van der Waals surface area contributed by atoms with Gasteiger partial charge in [-0.15, -0.1) is 11.3 Å². The highest BCUT2D eigenvalue weighted by Gasteiger charge is 2.15. The van der Waals surface area contributed by atoms with E-state index in [0.717, 1.165) is 16.7 Å². The second-order valence-electron chi connectivity index (χ2n) is 3.56. The highest BCUT2D eigenvalue weighted by Crippen LogP contribution is 2.35. The molecule has 5 nitrogen and oxygen atoms in total. The number of ether oxygens (including phenoxy) is 2. The van der Waals surface area contributed by atoms with Crippen molar-refractivity contribution in [1.29, 1.82) is 0 Å². The van der Waals surface area contributed by atoms with Crippen molar-refractivity contribution in [2.75, 3.05) is 20.3 Å². The molecular weight excluding hydrogens is 276 g/mol. The van der Waals surface area contributed by atoms with Crippen LogP contribution in [0.5, 0.6) is 5.75 Å². The molecule has 1 N–H and O–H groups in total. The van der Waals surface area contributed by atoms with Gasteiger partial charge < -0.3 is 9.47 Å². The van der Waals surface area contributed by atoms with Gasteiger partial charge in [-0.25, -0.2) is 0 Å². The van der Waals surface area contributed by atoms with Crippen LogP contribution >= 0.6 is 11.3 Å². The van der Waals surface area contributed by atoms with Crippen molar-refractivity contribution in [3.05, 3.63) is 24.3 Å². The molecule has 1 aromatic heterocycles. The second-order valence-corrected chi connectivity index (χ2v) is 6.26. The summed E-state index contributed by atoms with van der Waals surface area (Å²) in [5.74, 6) is 0.587. The molecule has 0 atom stereocenters. The number of benzene rings is 1. The molecule has 0 bridgehead atoms. The van der Waals surface area contributed by atoms with Crippen LogP contribution in [0.25, 0.3) is 10.1 Å². The number of fused-ring (bicyclic) bond motifs is 1.